The smallest absolute Gasteiger partial charge is 0.133 e. The fourth-order valence-electron chi connectivity index (χ4n) is 2.05. The zero-order chi connectivity index (χ0) is 15.4. The number of nitrogens with one attached hydrogen (secondary N) is 1. The van der Waals surface area contributed by atoms with Gasteiger partial charge >= 0.3 is 0 Å². The number of hydrogen-bond acceptors (Lipinski definition) is 2. The summed E-state index contributed by atoms with van der Waals surface area (Å²) in [5.74, 6) is -0.590. The van der Waals surface area contributed by atoms with Crippen LogP contribution in [0, 0.1) is 18.6 Å². The van der Waals surface area contributed by atoms with Crippen molar-refractivity contribution in [2.24, 2.45) is 0 Å². The van der Waals surface area contributed by atoms with Gasteiger partial charge in [-0.1, -0.05) is 23.7 Å². The molecule has 0 fully saturated rings. The van der Waals surface area contributed by atoms with Crippen LogP contribution in [0.1, 0.15) is 17.2 Å². The fourth-order valence-corrected chi connectivity index (χ4v) is 2.23. The lowest BCUT2D eigenvalue weighted by Crippen LogP contribution is -2.25. The molecule has 0 heterocycles. The van der Waals surface area contributed by atoms with E-state index in [9.17, 15) is 8.78 Å². The van der Waals surface area contributed by atoms with Crippen molar-refractivity contribution >= 4 is 11.6 Å². The van der Waals surface area contributed by atoms with E-state index in [0.29, 0.717) is 16.3 Å². The molecule has 2 aromatic rings. The third-order valence-corrected chi connectivity index (χ3v) is 3.46. The van der Waals surface area contributed by atoms with Gasteiger partial charge in [-0.15, -0.1) is 0 Å². The molecule has 0 aliphatic rings. The summed E-state index contributed by atoms with van der Waals surface area (Å²) in [4.78, 5) is 0. The number of ether oxygens (including phenoxy) is 1. The van der Waals surface area contributed by atoms with Crippen molar-refractivity contribution < 1.29 is 13.5 Å². The predicted molar refractivity (Wildman–Crippen MR) is 79.8 cm³/mol. The van der Waals surface area contributed by atoms with Crippen molar-refractivity contribution in [2.45, 2.75) is 13.0 Å². The Balaban J connectivity index is 2.19. The minimum atomic E-state index is -0.594. The summed E-state index contributed by atoms with van der Waals surface area (Å²) in [6.07, 6.45) is 0. The number of benzene rings is 2. The summed E-state index contributed by atoms with van der Waals surface area (Å²) < 4.78 is 33.6. The van der Waals surface area contributed by atoms with E-state index in [2.05, 4.69) is 5.32 Å². The topological polar surface area (TPSA) is 21.3 Å². The number of halogens is 3. The monoisotopic (exact) mass is 311 g/mol. The van der Waals surface area contributed by atoms with Gasteiger partial charge in [-0.3, -0.25) is 0 Å². The summed E-state index contributed by atoms with van der Waals surface area (Å²) in [6.45, 7) is 1.69. The minimum absolute atomic E-state index is 0.0143. The molecule has 2 nitrogen and oxygen atoms in total. The first kappa shape index (κ1) is 15.7. The molecule has 0 aromatic heterocycles. The van der Waals surface area contributed by atoms with Crippen molar-refractivity contribution in [3.8, 4) is 5.75 Å². The summed E-state index contributed by atoms with van der Waals surface area (Å²) in [6, 6.07) is 8.95. The molecule has 0 aliphatic heterocycles. The third kappa shape index (κ3) is 3.71. The first-order valence-corrected chi connectivity index (χ1v) is 6.91. The van der Waals surface area contributed by atoms with Crippen LogP contribution in [0.15, 0.2) is 36.4 Å². The van der Waals surface area contributed by atoms with E-state index in [1.807, 2.05) is 0 Å². The van der Waals surface area contributed by atoms with Gasteiger partial charge in [0.15, 0.2) is 0 Å². The molecule has 5 heteroatoms. The van der Waals surface area contributed by atoms with E-state index >= 15 is 0 Å². The molecule has 2 rings (SSSR count). The van der Waals surface area contributed by atoms with E-state index in [1.165, 1.54) is 12.1 Å². The standard InChI is InChI=1S/C16H16ClF2NO/c1-10-6-7-13(18)15(16(10)19)14(20-2)9-21-12-5-3-4-11(17)8-12/h3-8,14,20H,9H2,1-2H3. The second-order valence-corrected chi connectivity index (χ2v) is 5.14. The Morgan fingerprint density at radius 3 is 2.67 bits per heavy atom. The van der Waals surface area contributed by atoms with E-state index in [1.54, 1.807) is 38.2 Å². The van der Waals surface area contributed by atoms with Crippen LogP contribution in [-0.2, 0) is 0 Å². The lowest BCUT2D eigenvalue weighted by atomic mass is 10.0. The van der Waals surface area contributed by atoms with E-state index in [-0.39, 0.29) is 12.2 Å². The summed E-state index contributed by atoms with van der Waals surface area (Å²) in [7, 11) is 1.63. The molecule has 0 spiro atoms. The van der Waals surface area contributed by atoms with Crippen LogP contribution in [0.3, 0.4) is 0 Å². The van der Waals surface area contributed by atoms with Crippen LogP contribution < -0.4 is 10.1 Å². The first-order chi connectivity index (χ1) is 10.0. The number of hydrogen-bond donors (Lipinski definition) is 1. The highest BCUT2D eigenvalue weighted by Gasteiger charge is 2.21. The Bertz CT molecular complexity index is 634. The lowest BCUT2D eigenvalue weighted by Gasteiger charge is -2.19. The first-order valence-electron chi connectivity index (χ1n) is 6.53. The molecular formula is C16H16ClF2NO. The van der Waals surface area contributed by atoms with Gasteiger partial charge in [-0.2, -0.15) is 0 Å². The van der Waals surface area contributed by atoms with Gasteiger partial charge < -0.3 is 10.1 Å². The molecule has 0 radical (unpaired) electrons. The third-order valence-electron chi connectivity index (χ3n) is 3.23. The predicted octanol–water partition coefficient (Wildman–Crippen LogP) is 4.27. The van der Waals surface area contributed by atoms with E-state index in [0.717, 1.165) is 0 Å². The highest BCUT2D eigenvalue weighted by Crippen LogP contribution is 2.25. The summed E-state index contributed by atoms with van der Waals surface area (Å²) >= 11 is 5.87. The van der Waals surface area contributed by atoms with Crippen LogP contribution >= 0.6 is 11.6 Å². The van der Waals surface area contributed by atoms with Crippen LogP contribution in [0.4, 0.5) is 8.78 Å². The molecule has 0 bridgehead atoms. The molecular weight excluding hydrogens is 296 g/mol. The van der Waals surface area contributed by atoms with Crippen LogP contribution in [0.2, 0.25) is 5.02 Å². The zero-order valence-electron chi connectivity index (χ0n) is 11.8. The minimum Gasteiger partial charge on any atom is -0.492 e. The Morgan fingerprint density at radius 2 is 2.00 bits per heavy atom. The molecule has 2 aromatic carbocycles. The second kappa shape index (κ2) is 6.87. The molecule has 1 unspecified atom stereocenters. The molecule has 1 N–H and O–H groups in total. The van der Waals surface area contributed by atoms with Crippen molar-refractivity contribution in [3.05, 3.63) is 64.2 Å². The molecule has 21 heavy (non-hydrogen) atoms. The Morgan fingerprint density at radius 1 is 1.24 bits per heavy atom. The molecule has 0 saturated heterocycles. The average Bonchev–Trinajstić information content (AvgIpc) is 2.46. The van der Waals surface area contributed by atoms with Crippen molar-refractivity contribution in [1.82, 2.24) is 5.32 Å². The quantitative estimate of drug-likeness (QED) is 0.890. The Hall–Kier alpha value is -1.65. The van der Waals surface area contributed by atoms with Crippen LogP contribution in [0.25, 0.3) is 0 Å². The molecule has 0 saturated carbocycles. The summed E-state index contributed by atoms with van der Waals surface area (Å²) in [5, 5.41) is 3.42. The van der Waals surface area contributed by atoms with Gasteiger partial charge in [-0.05, 0) is 43.8 Å². The number of aryl methyl sites for hydroxylation is 1. The van der Waals surface area contributed by atoms with Gasteiger partial charge in [0.2, 0.25) is 0 Å². The Labute approximate surface area is 127 Å². The van der Waals surface area contributed by atoms with Gasteiger partial charge in [-0.25, -0.2) is 8.78 Å². The fraction of sp³-hybridized carbons (Fsp3) is 0.250. The van der Waals surface area contributed by atoms with Crippen molar-refractivity contribution in [1.29, 1.82) is 0 Å². The molecule has 0 aliphatic carbocycles. The van der Waals surface area contributed by atoms with Crippen molar-refractivity contribution in [2.75, 3.05) is 13.7 Å². The summed E-state index contributed by atoms with van der Waals surface area (Å²) in [5.41, 5.74) is 0.383. The largest absolute Gasteiger partial charge is 0.492 e. The second-order valence-electron chi connectivity index (χ2n) is 4.70. The normalized spacial score (nSPS) is 12.2. The SMILES string of the molecule is CNC(COc1cccc(Cl)c1)c1c(F)ccc(C)c1F. The van der Waals surface area contributed by atoms with E-state index in [4.69, 9.17) is 16.3 Å². The van der Waals surface area contributed by atoms with Crippen LogP contribution in [0.5, 0.6) is 5.75 Å². The van der Waals surface area contributed by atoms with Gasteiger partial charge in [0.25, 0.3) is 0 Å². The maximum atomic E-state index is 14.1. The molecule has 1 atom stereocenters. The number of likely N-dealkylation sites (N-methyl/N-ethyl adjacent to an activating group) is 1. The molecule has 0 amide bonds. The maximum absolute atomic E-state index is 14.1. The Kier molecular flexibility index (Phi) is 5.15. The van der Waals surface area contributed by atoms with Gasteiger partial charge in [0, 0.05) is 10.6 Å². The number of rotatable bonds is 5. The maximum Gasteiger partial charge on any atom is 0.133 e. The van der Waals surface area contributed by atoms with Crippen molar-refractivity contribution in [3.63, 3.8) is 0 Å². The zero-order valence-corrected chi connectivity index (χ0v) is 12.5. The van der Waals surface area contributed by atoms with Gasteiger partial charge in [0.1, 0.15) is 24.0 Å². The lowest BCUT2D eigenvalue weighted by molar-refractivity contribution is 0.266. The highest BCUT2D eigenvalue weighted by atomic mass is 35.5. The van der Waals surface area contributed by atoms with Crippen LogP contribution in [-0.4, -0.2) is 13.7 Å². The average molecular weight is 312 g/mol. The highest BCUT2D eigenvalue weighted by molar-refractivity contribution is 6.30. The van der Waals surface area contributed by atoms with E-state index < -0.39 is 17.7 Å². The van der Waals surface area contributed by atoms with Gasteiger partial charge in [0.05, 0.1) is 6.04 Å². The molecule has 112 valence electrons.